The lowest BCUT2D eigenvalue weighted by atomic mass is 10.1. The van der Waals surface area contributed by atoms with Gasteiger partial charge in [-0.1, -0.05) is 19.8 Å². The minimum absolute atomic E-state index is 0.000142. The SMILES string of the molecule is CC(CC(=O)O)c1cn(C2CCCC2)cn1. The Labute approximate surface area is 95.3 Å². The molecule has 1 heterocycles. The van der Waals surface area contributed by atoms with Crippen molar-refractivity contribution in [2.45, 2.75) is 51.0 Å². The molecule has 2 rings (SSSR count). The summed E-state index contributed by atoms with van der Waals surface area (Å²) in [7, 11) is 0. The first kappa shape index (κ1) is 11.2. The molecule has 4 nitrogen and oxygen atoms in total. The number of imidazole rings is 1. The van der Waals surface area contributed by atoms with E-state index in [1.807, 2.05) is 19.4 Å². The largest absolute Gasteiger partial charge is 0.481 e. The average molecular weight is 222 g/mol. The van der Waals surface area contributed by atoms with Gasteiger partial charge in [-0.25, -0.2) is 4.98 Å². The third-order valence-corrected chi connectivity index (χ3v) is 3.35. The molecular formula is C12H18N2O2. The second-order valence-electron chi connectivity index (χ2n) is 4.68. The molecule has 1 saturated carbocycles. The van der Waals surface area contributed by atoms with Crippen molar-refractivity contribution in [3.63, 3.8) is 0 Å². The Hall–Kier alpha value is -1.32. The van der Waals surface area contributed by atoms with Gasteiger partial charge in [0.15, 0.2) is 0 Å². The Morgan fingerprint density at radius 2 is 2.31 bits per heavy atom. The summed E-state index contributed by atoms with van der Waals surface area (Å²) in [5.74, 6) is -0.761. The van der Waals surface area contributed by atoms with E-state index in [0.717, 1.165) is 5.69 Å². The highest BCUT2D eigenvalue weighted by molar-refractivity contribution is 5.67. The zero-order valence-corrected chi connectivity index (χ0v) is 9.59. The molecule has 1 aromatic rings. The molecule has 0 radical (unpaired) electrons. The van der Waals surface area contributed by atoms with Crippen LogP contribution in [-0.2, 0) is 4.79 Å². The highest BCUT2D eigenvalue weighted by Gasteiger charge is 2.19. The highest BCUT2D eigenvalue weighted by Crippen LogP contribution is 2.30. The van der Waals surface area contributed by atoms with Crippen LogP contribution < -0.4 is 0 Å². The fourth-order valence-electron chi connectivity index (χ4n) is 2.38. The highest BCUT2D eigenvalue weighted by atomic mass is 16.4. The van der Waals surface area contributed by atoms with Crippen molar-refractivity contribution < 1.29 is 9.90 Å². The zero-order chi connectivity index (χ0) is 11.5. The summed E-state index contributed by atoms with van der Waals surface area (Å²) in [6, 6.07) is 0.582. The quantitative estimate of drug-likeness (QED) is 0.851. The van der Waals surface area contributed by atoms with Crippen LogP contribution in [0.25, 0.3) is 0 Å². The number of rotatable bonds is 4. The number of carboxylic acid groups (broad SMARTS) is 1. The van der Waals surface area contributed by atoms with E-state index in [4.69, 9.17) is 5.11 Å². The van der Waals surface area contributed by atoms with Gasteiger partial charge in [-0.15, -0.1) is 0 Å². The van der Waals surface area contributed by atoms with Crippen LogP contribution in [0.3, 0.4) is 0 Å². The molecule has 0 spiro atoms. The number of carbonyl (C=O) groups is 1. The van der Waals surface area contributed by atoms with Gasteiger partial charge >= 0.3 is 5.97 Å². The van der Waals surface area contributed by atoms with Crippen LogP contribution in [0.1, 0.15) is 56.7 Å². The van der Waals surface area contributed by atoms with Crippen molar-refractivity contribution in [1.29, 1.82) is 0 Å². The van der Waals surface area contributed by atoms with Crippen molar-refractivity contribution in [1.82, 2.24) is 9.55 Å². The Kier molecular flexibility index (Phi) is 3.27. The Balaban J connectivity index is 2.03. The topological polar surface area (TPSA) is 55.1 Å². The number of aliphatic carboxylic acids is 1. The number of hydrogen-bond acceptors (Lipinski definition) is 2. The summed E-state index contributed by atoms with van der Waals surface area (Å²) >= 11 is 0. The van der Waals surface area contributed by atoms with Crippen LogP contribution in [0.2, 0.25) is 0 Å². The zero-order valence-electron chi connectivity index (χ0n) is 9.59. The summed E-state index contributed by atoms with van der Waals surface area (Å²) in [5, 5.41) is 8.73. The molecule has 1 N–H and O–H groups in total. The van der Waals surface area contributed by atoms with E-state index in [9.17, 15) is 4.79 Å². The fraction of sp³-hybridized carbons (Fsp3) is 0.667. The number of nitrogens with zero attached hydrogens (tertiary/aromatic N) is 2. The summed E-state index contributed by atoms with van der Waals surface area (Å²) < 4.78 is 2.15. The average Bonchev–Trinajstić information content (AvgIpc) is 2.87. The standard InChI is InChI=1S/C12H18N2O2/c1-9(6-12(15)16)11-7-14(8-13-11)10-4-2-3-5-10/h7-10H,2-6H2,1H3,(H,15,16). The maximum atomic E-state index is 10.6. The predicted octanol–water partition coefficient (Wildman–Crippen LogP) is 2.58. The molecule has 88 valence electrons. The fourth-order valence-corrected chi connectivity index (χ4v) is 2.38. The van der Waals surface area contributed by atoms with Crippen LogP contribution >= 0.6 is 0 Å². The molecule has 1 aliphatic carbocycles. The molecule has 16 heavy (non-hydrogen) atoms. The van der Waals surface area contributed by atoms with Crippen LogP contribution in [-0.4, -0.2) is 20.6 Å². The third kappa shape index (κ3) is 2.43. The van der Waals surface area contributed by atoms with Gasteiger partial charge in [0, 0.05) is 18.2 Å². The van der Waals surface area contributed by atoms with E-state index in [0.29, 0.717) is 6.04 Å². The van der Waals surface area contributed by atoms with Crippen molar-refractivity contribution in [3.05, 3.63) is 18.2 Å². The summed E-state index contributed by atoms with van der Waals surface area (Å²) in [6.45, 7) is 1.91. The summed E-state index contributed by atoms with van der Waals surface area (Å²) in [4.78, 5) is 14.9. The molecule has 0 aliphatic heterocycles. The lowest BCUT2D eigenvalue weighted by Crippen LogP contribution is -2.04. The van der Waals surface area contributed by atoms with Crippen LogP contribution in [0, 0.1) is 0 Å². The molecule has 0 aromatic carbocycles. The Morgan fingerprint density at radius 1 is 1.62 bits per heavy atom. The number of carboxylic acids is 1. The molecule has 0 saturated heterocycles. The Bertz CT molecular complexity index is 367. The van der Waals surface area contributed by atoms with Crippen LogP contribution in [0.15, 0.2) is 12.5 Å². The van der Waals surface area contributed by atoms with Crippen LogP contribution in [0.4, 0.5) is 0 Å². The second-order valence-corrected chi connectivity index (χ2v) is 4.68. The van der Waals surface area contributed by atoms with Gasteiger partial charge < -0.3 is 9.67 Å². The smallest absolute Gasteiger partial charge is 0.304 e. The van der Waals surface area contributed by atoms with E-state index in [2.05, 4.69) is 9.55 Å². The van der Waals surface area contributed by atoms with Gasteiger partial charge in [-0.2, -0.15) is 0 Å². The van der Waals surface area contributed by atoms with Gasteiger partial charge in [0.1, 0.15) is 0 Å². The number of aromatic nitrogens is 2. The van der Waals surface area contributed by atoms with E-state index in [-0.39, 0.29) is 12.3 Å². The Morgan fingerprint density at radius 3 is 2.94 bits per heavy atom. The van der Waals surface area contributed by atoms with E-state index in [1.165, 1.54) is 25.7 Å². The first-order valence-electron chi connectivity index (χ1n) is 5.92. The maximum absolute atomic E-state index is 10.6. The van der Waals surface area contributed by atoms with Gasteiger partial charge in [0.25, 0.3) is 0 Å². The summed E-state index contributed by atoms with van der Waals surface area (Å²) in [6.07, 6.45) is 9.06. The molecule has 1 aliphatic rings. The molecule has 0 bridgehead atoms. The monoisotopic (exact) mass is 222 g/mol. The maximum Gasteiger partial charge on any atom is 0.304 e. The van der Waals surface area contributed by atoms with Crippen molar-refractivity contribution in [2.24, 2.45) is 0 Å². The van der Waals surface area contributed by atoms with Crippen molar-refractivity contribution in [2.75, 3.05) is 0 Å². The van der Waals surface area contributed by atoms with E-state index >= 15 is 0 Å². The van der Waals surface area contributed by atoms with Crippen molar-refractivity contribution in [3.8, 4) is 0 Å². The van der Waals surface area contributed by atoms with Gasteiger partial charge in [0.05, 0.1) is 18.4 Å². The van der Waals surface area contributed by atoms with Gasteiger partial charge in [-0.05, 0) is 12.8 Å². The summed E-state index contributed by atoms with van der Waals surface area (Å²) in [5.41, 5.74) is 0.898. The normalized spacial score (nSPS) is 18.8. The first-order valence-corrected chi connectivity index (χ1v) is 5.92. The molecule has 4 heteroatoms. The molecule has 0 amide bonds. The minimum Gasteiger partial charge on any atom is -0.481 e. The molecule has 1 aromatic heterocycles. The van der Waals surface area contributed by atoms with E-state index < -0.39 is 5.97 Å². The predicted molar refractivity (Wildman–Crippen MR) is 60.4 cm³/mol. The van der Waals surface area contributed by atoms with Gasteiger partial charge in [0.2, 0.25) is 0 Å². The molecule has 1 unspecified atom stereocenters. The molecular weight excluding hydrogens is 204 g/mol. The minimum atomic E-state index is -0.761. The first-order chi connectivity index (χ1) is 7.66. The molecule has 1 fully saturated rings. The lowest BCUT2D eigenvalue weighted by molar-refractivity contribution is -0.137. The lowest BCUT2D eigenvalue weighted by Gasteiger charge is -2.10. The van der Waals surface area contributed by atoms with Crippen LogP contribution in [0.5, 0.6) is 0 Å². The van der Waals surface area contributed by atoms with Crippen molar-refractivity contribution >= 4 is 5.97 Å². The van der Waals surface area contributed by atoms with Gasteiger partial charge in [-0.3, -0.25) is 4.79 Å². The third-order valence-electron chi connectivity index (χ3n) is 3.35. The second kappa shape index (κ2) is 4.68. The molecule has 1 atom stereocenters. The number of hydrogen-bond donors (Lipinski definition) is 1. The van der Waals surface area contributed by atoms with E-state index in [1.54, 1.807) is 0 Å².